The number of benzene rings is 1. The van der Waals surface area contributed by atoms with Crippen molar-refractivity contribution in [2.75, 3.05) is 0 Å². The molecule has 0 radical (unpaired) electrons. The summed E-state index contributed by atoms with van der Waals surface area (Å²) in [5.74, 6) is 0. The quantitative estimate of drug-likeness (QED) is 0.748. The minimum Gasteiger partial charge on any atom is -0.275 e. The second-order valence-corrected chi connectivity index (χ2v) is 4.41. The van der Waals surface area contributed by atoms with E-state index in [1.165, 1.54) is 15.4 Å². The SMILES string of the molecule is Cc1ccc(Sc2cnn(C)c2)cc1. The topological polar surface area (TPSA) is 17.8 Å². The molecular weight excluding hydrogens is 192 g/mol. The predicted molar refractivity (Wildman–Crippen MR) is 58.5 cm³/mol. The van der Waals surface area contributed by atoms with Crippen LogP contribution in [0.1, 0.15) is 5.56 Å². The average molecular weight is 204 g/mol. The minimum absolute atomic E-state index is 1.18. The monoisotopic (exact) mass is 204 g/mol. The van der Waals surface area contributed by atoms with Gasteiger partial charge in [0.05, 0.1) is 11.1 Å². The number of aryl methyl sites for hydroxylation is 2. The van der Waals surface area contributed by atoms with E-state index in [4.69, 9.17) is 0 Å². The van der Waals surface area contributed by atoms with Crippen molar-refractivity contribution in [3.05, 3.63) is 42.2 Å². The molecule has 0 unspecified atom stereocenters. The first-order valence-electron chi connectivity index (χ1n) is 4.47. The summed E-state index contributed by atoms with van der Waals surface area (Å²) >= 11 is 1.73. The highest BCUT2D eigenvalue weighted by atomic mass is 32.2. The van der Waals surface area contributed by atoms with E-state index < -0.39 is 0 Å². The van der Waals surface area contributed by atoms with Crippen LogP contribution in [0.3, 0.4) is 0 Å². The van der Waals surface area contributed by atoms with Crippen LogP contribution >= 0.6 is 11.8 Å². The van der Waals surface area contributed by atoms with Gasteiger partial charge in [0.2, 0.25) is 0 Å². The van der Waals surface area contributed by atoms with Crippen LogP contribution in [0.25, 0.3) is 0 Å². The highest BCUT2D eigenvalue weighted by molar-refractivity contribution is 7.99. The average Bonchev–Trinajstić information content (AvgIpc) is 2.56. The molecule has 0 aliphatic heterocycles. The normalized spacial score (nSPS) is 10.4. The van der Waals surface area contributed by atoms with Crippen LogP contribution in [0.4, 0.5) is 0 Å². The lowest BCUT2D eigenvalue weighted by molar-refractivity contribution is 0.766. The summed E-state index contributed by atoms with van der Waals surface area (Å²) in [6.07, 6.45) is 3.90. The molecule has 0 aliphatic rings. The first kappa shape index (κ1) is 9.34. The van der Waals surface area contributed by atoms with Gasteiger partial charge in [0.25, 0.3) is 0 Å². The van der Waals surface area contributed by atoms with Crippen LogP contribution < -0.4 is 0 Å². The first-order valence-corrected chi connectivity index (χ1v) is 5.29. The van der Waals surface area contributed by atoms with Crippen molar-refractivity contribution in [2.45, 2.75) is 16.7 Å². The summed E-state index contributed by atoms with van der Waals surface area (Å²) in [6, 6.07) is 8.51. The molecule has 72 valence electrons. The van der Waals surface area contributed by atoms with Gasteiger partial charge in [-0.2, -0.15) is 5.10 Å². The van der Waals surface area contributed by atoms with E-state index >= 15 is 0 Å². The lowest BCUT2D eigenvalue weighted by Gasteiger charge is -1.98. The van der Waals surface area contributed by atoms with Gasteiger partial charge in [-0.3, -0.25) is 4.68 Å². The van der Waals surface area contributed by atoms with Gasteiger partial charge in [0.15, 0.2) is 0 Å². The van der Waals surface area contributed by atoms with Crippen molar-refractivity contribution in [1.82, 2.24) is 9.78 Å². The maximum Gasteiger partial charge on any atom is 0.0629 e. The standard InChI is InChI=1S/C11H12N2S/c1-9-3-5-10(6-4-9)14-11-7-12-13(2)8-11/h3-8H,1-2H3. The van der Waals surface area contributed by atoms with Gasteiger partial charge in [-0.1, -0.05) is 29.5 Å². The summed E-state index contributed by atoms with van der Waals surface area (Å²) in [5, 5.41) is 4.13. The van der Waals surface area contributed by atoms with Crippen LogP contribution in [0.15, 0.2) is 46.5 Å². The van der Waals surface area contributed by atoms with Crippen LogP contribution in [0, 0.1) is 6.92 Å². The molecule has 1 aromatic carbocycles. The zero-order valence-electron chi connectivity index (χ0n) is 8.27. The van der Waals surface area contributed by atoms with Crippen LogP contribution in [0.5, 0.6) is 0 Å². The molecule has 0 fully saturated rings. The molecule has 0 saturated carbocycles. The molecule has 2 aromatic rings. The molecule has 2 rings (SSSR count). The molecule has 0 aliphatic carbocycles. The van der Waals surface area contributed by atoms with E-state index in [2.05, 4.69) is 36.3 Å². The Balaban J connectivity index is 2.15. The third kappa shape index (κ3) is 2.17. The van der Waals surface area contributed by atoms with Crippen molar-refractivity contribution < 1.29 is 0 Å². The number of aromatic nitrogens is 2. The second-order valence-electron chi connectivity index (χ2n) is 3.26. The van der Waals surface area contributed by atoms with Crippen molar-refractivity contribution in [3.8, 4) is 0 Å². The Morgan fingerprint density at radius 3 is 2.43 bits per heavy atom. The fourth-order valence-electron chi connectivity index (χ4n) is 1.19. The molecule has 1 aromatic heterocycles. The van der Waals surface area contributed by atoms with Crippen molar-refractivity contribution in [3.63, 3.8) is 0 Å². The van der Waals surface area contributed by atoms with Crippen LogP contribution in [0.2, 0.25) is 0 Å². The summed E-state index contributed by atoms with van der Waals surface area (Å²) in [7, 11) is 1.93. The van der Waals surface area contributed by atoms with E-state index in [1.807, 2.05) is 24.1 Å². The van der Waals surface area contributed by atoms with Gasteiger partial charge in [-0.15, -0.1) is 0 Å². The summed E-state index contributed by atoms with van der Waals surface area (Å²) in [4.78, 5) is 2.43. The third-order valence-corrected chi connectivity index (χ3v) is 2.89. The maximum absolute atomic E-state index is 4.13. The first-order chi connectivity index (χ1) is 6.74. The largest absolute Gasteiger partial charge is 0.275 e. The summed E-state index contributed by atoms with van der Waals surface area (Å²) < 4.78 is 1.82. The Morgan fingerprint density at radius 2 is 1.86 bits per heavy atom. The highest BCUT2D eigenvalue weighted by Crippen LogP contribution is 2.26. The molecule has 2 nitrogen and oxygen atoms in total. The predicted octanol–water partition coefficient (Wildman–Crippen LogP) is 2.88. The van der Waals surface area contributed by atoms with Gasteiger partial charge in [0, 0.05) is 18.1 Å². The summed E-state index contributed by atoms with van der Waals surface area (Å²) in [6.45, 7) is 2.10. The lowest BCUT2D eigenvalue weighted by atomic mass is 10.2. The molecule has 3 heteroatoms. The summed E-state index contributed by atoms with van der Waals surface area (Å²) in [5.41, 5.74) is 1.29. The molecule has 14 heavy (non-hydrogen) atoms. The molecular formula is C11H12N2S. The van der Waals surface area contributed by atoms with E-state index in [0.29, 0.717) is 0 Å². The number of hydrogen-bond donors (Lipinski definition) is 0. The molecule has 0 N–H and O–H groups in total. The molecule has 0 saturated heterocycles. The molecule has 1 heterocycles. The van der Waals surface area contributed by atoms with Gasteiger partial charge < -0.3 is 0 Å². The Hall–Kier alpha value is -1.22. The van der Waals surface area contributed by atoms with Crippen molar-refractivity contribution in [1.29, 1.82) is 0 Å². The highest BCUT2D eigenvalue weighted by Gasteiger charge is 1.98. The molecule has 0 atom stereocenters. The van der Waals surface area contributed by atoms with Gasteiger partial charge >= 0.3 is 0 Å². The zero-order valence-corrected chi connectivity index (χ0v) is 9.08. The van der Waals surface area contributed by atoms with Crippen LogP contribution in [-0.4, -0.2) is 9.78 Å². The Kier molecular flexibility index (Phi) is 2.59. The molecule has 0 amide bonds. The minimum atomic E-state index is 1.18. The Bertz CT molecular complexity index is 417. The maximum atomic E-state index is 4.13. The van der Waals surface area contributed by atoms with Crippen LogP contribution in [-0.2, 0) is 7.05 Å². The van der Waals surface area contributed by atoms with E-state index in [9.17, 15) is 0 Å². The molecule has 0 spiro atoms. The van der Waals surface area contributed by atoms with E-state index in [1.54, 1.807) is 11.8 Å². The van der Waals surface area contributed by atoms with Gasteiger partial charge in [-0.25, -0.2) is 0 Å². The number of nitrogens with zero attached hydrogens (tertiary/aromatic N) is 2. The molecule has 0 bridgehead atoms. The Morgan fingerprint density at radius 1 is 1.14 bits per heavy atom. The fraction of sp³-hybridized carbons (Fsp3) is 0.182. The van der Waals surface area contributed by atoms with E-state index in [0.717, 1.165) is 0 Å². The van der Waals surface area contributed by atoms with Crippen molar-refractivity contribution in [2.24, 2.45) is 7.05 Å². The Labute approximate surface area is 87.9 Å². The lowest BCUT2D eigenvalue weighted by Crippen LogP contribution is -1.83. The number of hydrogen-bond acceptors (Lipinski definition) is 2. The zero-order chi connectivity index (χ0) is 9.97. The smallest absolute Gasteiger partial charge is 0.0629 e. The van der Waals surface area contributed by atoms with Gasteiger partial charge in [-0.05, 0) is 19.1 Å². The second kappa shape index (κ2) is 3.88. The van der Waals surface area contributed by atoms with E-state index in [-0.39, 0.29) is 0 Å². The van der Waals surface area contributed by atoms with Crippen molar-refractivity contribution >= 4 is 11.8 Å². The number of rotatable bonds is 2. The van der Waals surface area contributed by atoms with Gasteiger partial charge in [0.1, 0.15) is 0 Å². The third-order valence-electron chi connectivity index (χ3n) is 1.94. The fourth-order valence-corrected chi connectivity index (χ4v) is 2.04.